The van der Waals surface area contributed by atoms with E-state index in [1.807, 2.05) is 43.1 Å². The highest BCUT2D eigenvalue weighted by Gasteiger charge is 2.17. The van der Waals surface area contributed by atoms with Gasteiger partial charge in [-0.15, -0.1) is 0 Å². The van der Waals surface area contributed by atoms with Crippen LogP contribution in [0.2, 0.25) is 5.02 Å². The third-order valence-electron chi connectivity index (χ3n) is 3.80. The zero-order valence-corrected chi connectivity index (χ0v) is 13.7. The topological polar surface area (TPSA) is 32.3 Å². The predicted octanol–water partition coefficient (Wildman–Crippen LogP) is 3.49. The monoisotopic (exact) mass is 296 g/mol. The number of hydrogen-bond acceptors (Lipinski definition) is 2. The summed E-state index contributed by atoms with van der Waals surface area (Å²) in [5.74, 6) is 0.507. The molecule has 112 valence electrons. The Morgan fingerprint density at radius 1 is 1.20 bits per heavy atom. The third-order valence-corrected chi connectivity index (χ3v) is 4.05. The maximum atomic E-state index is 12.0. The second-order valence-electron chi connectivity index (χ2n) is 5.74. The average molecular weight is 297 g/mol. The number of nitrogens with one attached hydrogen (secondary N) is 1. The van der Waals surface area contributed by atoms with Gasteiger partial charge in [0.25, 0.3) is 0 Å². The summed E-state index contributed by atoms with van der Waals surface area (Å²) in [4.78, 5) is 14.0. The van der Waals surface area contributed by atoms with Crippen molar-refractivity contribution in [2.45, 2.75) is 39.8 Å². The third kappa shape index (κ3) is 5.14. The number of nitrogens with zero attached hydrogens (tertiary/aromatic N) is 1. The first-order valence-corrected chi connectivity index (χ1v) is 7.44. The number of rotatable bonds is 6. The molecule has 1 N–H and O–H groups in total. The smallest absolute Gasteiger partial charge is 0.234 e. The van der Waals surface area contributed by atoms with Gasteiger partial charge in [0.1, 0.15) is 0 Å². The van der Waals surface area contributed by atoms with Crippen LogP contribution in [-0.4, -0.2) is 30.4 Å². The fourth-order valence-electron chi connectivity index (χ4n) is 1.83. The van der Waals surface area contributed by atoms with Crippen molar-refractivity contribution in [3.8, 4) is 0 Å². The minimum atomic E-state index is 0.0644. The average Bonchev–Trinajstić information content (AvgIpc) is 2.38. The number of benzene rings is 1. The van der Waals surface area contributed by atoms with Gasteiger partial charge in [-0.25, -0.2) is 0 Å². The Morgan fingerprint density at radius 2 is 1.75 bits per heavy atom. The van der Waals surface area contributed by atoms with Crippen LogP contribution >= 0.6 is 11.6 Å². The van der Waals surface area contributed by atoms with Crippen molar-refractivity contribution in [2.75, 3.05) is 13.6 Å². The molecule has 0 saturated carbocycles. The Hall–Kier alpha value is -1.06. The van der Waals surface area contributed by atoms with Gasteiger partial charge >= 0.3 is 0 Å². The highest BCUT2D eigenvalue weighted by atomic mass is 35.5. The summed E-state index contributed by atoms with van der Waals surface area (Å²) in [6.07, 6.45) is 0. The maximum Gasteiger partial charge on any atom is 0.234 e. The Kier molecular flexibility index (Phi) is 6.50. The van der Waals surface area contributed by atoms with Gasteiger partial charge in [0.15, 0.2) is 0 Å². The zero-order chi connectivity index (χ0) is 15.3. The van der Waals surface area contributed by atoms with Crippen LogP contribution < -0.4 is 5.32 Å². The van der Waals surface area contributed by atoms with Crippen LogP contribution in [-0.2, 0) is 4.79 Å². The lowest BCUT2D eigenvalue weighted by atomic mass is 10.1. The van der Waals surface area contributed by atoms with E-state index in [0.29, 0.717) is 12.5 Å². The van der Waals surface area contributed by atoms with E-state index in [9.17, 15) is 4.79 Å². The lowest BCUT2D eigenvalue weighted by molar-refractivity contribution is -0.123. The second-order valence-corrected chi connectivity index (χ2v) is 6.18. The molecule has 0 spiro atoms. The standard InChI is InChI=1S/C16H25ClN2O/c1-11(2)12(3)18-16(20)10-19(5)13(4)14-6-8-15(17)9-7-14/h6-9,11-13H,10H2,1-5H3,(H,18,20). The molecule has 0 bridgehead atoms. The number of likely N-dealkylation sites (N-methyl/N-ethyl adjacent to an activating group) is 1. The summed E-state index contributed by atoms with van der Waals surface area (Å²) in [6.45, 7) is 8.71. The molecule has 0 fully saturated rings. The molecular formula is C16H25ClN2O. The molecule has 0 aliphatic heterocycles. The van der Waals surface area contributed by atoms with Crippen LogP contribution in [0.5, 0.6) is 0 Å². The summed E-state index contributed by atoms with van der Waals surface area (Å²) in [5, 5.41) is 3.75. The first-order valence-electron chi connectivity index (χ1n) is 7.06. The van der Waals surface area contributed by atoms with Gasteiger partial charge in [-0.05, 0) is 44.5 Å². The highest BCUT2D eigenvalue weighted by molar-refractivity contribution is 6.30. The summed E-state index contributed by atoms with van der Waals surface area (Å²) < 4.78 is 0. The van der Waals surface area contributed by atoms with Crippen molar-refractivity contribution in [3.05, 3.63) is 34.9 Å². The van der Waals surface area contributed by atoms with E-state index in [2.05, 4.69) is 26.1 Å². The van der Waals surface area contributed by atoms with E-state index < -0.39 is 0 Å². The molecule has 0 saturated heterocycles. The maximum absolute atomic E-state index is 12.0. The zero-order valence-electron chi connectivity index (χ0n) is 13.0. The predicted molar refractivity (Wildman–Crippen MR) is 84.9 cm³/mol. The number of amides is 1. The minimum Gasteiger partial charge on any atom is -0.352 e. The molecular weight excluding hydrogens is 272 g/mol. The van der Waals surface area contributed by atoms with Gasteiger partial charge < -0.3 is 5.32 Å². The number of carbonyl (C=O) groups excluding carboxylic acids is 1. The van der Waals surface area contributed by atoms with E-state index in [0.717, 1.165) is 10.6 Å². The van der Waals surface area contributed by atoms with Crippen molar-refractivity contribution in [2.24, 2.45) is 5.92 Å². The minimum absolute atomic E-state index is 0.0644. The van der Waals surface area contributed by atoms with Gasteiger partial charge in [-0.3, -0.25) is 9.69 Å². The fourth-order valence-corrected chi connectivity index (χ4v) is 1.95. The molecule has 0 radical (unpaired) electrons. The Labute approximate surface area is 127 Å². The first kappa shape index (κ1) is 17.0. The molecule has 2 unspecified atom stereocenters. The van der Waals surface area contributed by atoms with Gasteiger partial charge in [0.2, 0.25) is 5.91 Å². The largest absolute Gasteiger partial charge is 0.352 e. The van der Waals surface area contributed by atoms with Crippen LogP contribution in [0.3, 0.4) is 0 Å². The van der Waals surface area contributed by atoms with Crippen LogP contribution in [0.1, 0.15) is 39.3 Å². The summed E-state index contributed by atoms with van der Waals surface area (Å²) in [5.41, 5.74) is 1.15. The molecule has 1 aromatic rings. The Balaban J connectivity index is 2.55. The number of carbonyl (C=O) groups is 1. The van der Waals surface area contributed by atoms with Gasteiger partial charge in [-0.1, -0.05) is 37.6 Å². The molecule has 0 heterocycles. The van der Waals surface area contributed by atoms with E-state index in [1.165, 1.54) is 0 Å². The van der Waals surface area contributed by atoms with Crippen LogP contribution in [0.25, 0.3) is 0 Å². The molecule has 2 atom stereocenters. The second kappa shape index (κ2) is 7.65. The fraction of sp³-hybridized carbons (Fsp3) is 0.562. The quantitative estimate of drug-likeness (QED) is 0.871. The van der Waals surface area contributed by atoms with E-state index >= 15 is 0 Å². The summed E-state index contributed by atoms with van der Waals surface area (Å²) >= 11 is 5.89. The van der Waals surface area contributed by atoms with Crippen LogP contribution in [0, 0.1) is 5.92 Å². The molecule has 1 aromatic carbocycles. The first-order chi connectivity index (χ1) is 9.31. The van der Waals surface area contributed by atoms with Crippen LogP contribution in [0.15, 0.2) is 24.3 Å². The van der Waals surface area contributed by atoms with E-state index in [4.69, 9.17) is 11.6 Å². The highest BCUT2D eigenvalue weighted by Crippen LogP contribution is 2.20. The van der Waals surface area contributed by atoms with Gasteiger partial charge in [0, 0.05) is 17.1 Å². The van der Waals surface area contributed by atoms with E-state index in [1.54, 1.807) is 0 Å². The molecule has 3 nitrogen and oxygen atoms in total. The van der Waals surface area contributed by atoms with Crippen molar-refractivity contribution in [1.82, 2.24) is 10.2 Å². The normalized spacial score (nSPS) is 14.4. The Morgan fingerprint density at radius 3 is 2.25 bits per heavy atom. The SMILES string of the molecule is CC(C)C(C)NC(=O)CN(C)C(C)c1ccc(Cl)cc1. The van der Waals surface area contributed by atoms with Crippen molar-refractivity contribution >= 4 is 17.5 Å². The van der Waals surface area contributed by atoms with Crippen molar-refractivity contribution in [1.29, 1.82) is 0 Å². The van der Waals surface area contributed by atoms with E-state index in [-0.39, 0.29) is 18.0 Å². The molecule has 0 aromatic heterocycles. The van der Waals surface area contributed by atoms with Crippen molar-refractivity contribution in [3.63, 3.8) is 0 Å². The van der Waals surface area contributed by atoms with Crippen molar-refractivity contribution < 1.29 is 4.79 Å². The summed E-state index contributed by atoms with van der Waals surface area (Å²) in [6, 6.07) is 8.12. The molecule has 4 heteroatoms. The molecule has 1 rings (SSSR count). The number of hydrogen-bond donors (Lipinski definition) is 1. The number of halogens is 1. The van der Waals surface area contributed by atoms with Gasteiger partial charge in [-0.2, -0.15) is 0 Å². The lowest BCUT2D eigenvalue weighted by Crippen LogP contribution is -2.42. The summed E-state index contributed by atoms with van der Waals surface area (Å²) in [7, 11) is 1.96. The molecule has 20 heavy (non-hydrogen) atoms. The molecule has 0 aliphatic rings. The van der Waals surface area contributed by atoms with Gasteiger partial charge in [0.05, 0.1) is 6.54 Å². The lowest BCUT2D eigenvalue weighted by Gasteiger charge is -2.26. The Bertz CT molecular complexity index is 431. The molecule has 1 amide bonds. The van der Waals surface area contributed by atoms with Crippen LogP contribution in [0.4, 0.5) is 0 Å². The molecule has 0 aliphatic carbocycles.